The van der Waals surface area contributed by atoms with Gasteiger partial charge in [-0.2, -0.15) is 0 Å². The minimum Gasteiger partial charge on any atom is -0.497 e. The summed E-state index contributed by atoms with van der Waals surface area (Å²) >= 11 is 0. The Bertz CT molecular complexity index is 748. The van der Waals surface area contributed by atoms with Crippen molar-refractivity contribution in [1.29, 1.82) is 0 Å². The number of amides is 1. The lowest BCUT2D eigenvalue weighted by atomic mass is 9.85. The van der Waals surface area contributed by atoms with Crippen LogP contribution in [-0.2, 0) is 4.79 Å². The second-order valence-electron chi connectivity index (χ2n) is 7.42. The third-order valence-corrected chi connectivity index (χ3v) is 5.43. The minimum absolute atomic E-state index is 0.0782. The van der Waals surface area contributed by atoms with Gasteiger partial charge in [-0.25, -0.2) is 0 Å². The SMILES string of the molecule is COc1ccc(C2C(CNC(=O)C(C)Oc3ccccc3)CCCN2C)cc1. The molecule has 0 aromatic heterocycles. The average Bonchev–Trinajstić information content (AvgIpc) is 2.73. The number of hydrogen-bond donors (Lipinski definition) is 1. The summed E-state index contributed by atoms with van der Waals surface area (Å²) in [5.41, 5.74) is 1.26. The fraction of sp³-hybridized carbons (Fsp3) is 0.435. The average molecular weight is 383 g/mol. The molecule has 2 aromatic carbocycles. The molecule has 5 nitrogen and oxygen atoms in total. The monoisotopic (exact) mass is 382 g/mol. The maximum atomic E-state index is 12.5. The van der Waals surface area contributed by atoms with Gasteiger partial charge in [0.05, 0.1) is 7.11 Å². The Kier molecular flexibility index (Phi) is 6.93. The van der Waals surface area contributed by atoms with Crippen LogP contribution in [0.1, 0.15) is 31.4 Å². The highest BCUT2D eigenvalue weighted by molar-refractivity contribution is 5.80. The van der Waals surface area contributed by atoms with Crippen LogP contribution in [0.3, 0.4) is 0 Å². The van der Waals surface area contributed by atoms with Gasteiger partial charge < -0.3 is 14.8 Å². The summed E-state index contributed by atoms with van der Waals surface area (Å²) in [6.07, 6.45) is 1.71. The summed E-state index contributed by atoms with van der Waals surface area (Å²) < 4.78 is 11.0. The van der Waals surface area contributed by atoms with Crippen LogP contribution in [0.2, 0.25) is 0 Å². The quantitative estimate of drug-likeness (QED) is 0.794. The first-order valence-corrected chi connectivity index (χ1v) is 9.92. The van der Waals surface area contributed by atoms with Gasteiger partial charge in [-0.15, -0.1) is 0 Å². The van der Waals surface area contributed by atoms with Crippen molar-refractivity contribution >= 4 is 5.91 Å². The number of likely N-dealkylation sites (tertiary alicyclic amines) is 1. The second-order valence-corrected chi connectivity index (χ2v) is 7.42. The normalized spacial score (nSPS) is 21.0. The van der Waals surface area contributed by atoms with Crippen molar-refractivity contribution in [3.8, 4) is 11.5 Å². The number of carbonyl (C=O) groups excluding carboxylic acids is 1. The molecule has 3 unspecified atom stereocenters. The number of hydrogen-bond acceptors (Lipinski definition) is 4. The number of piperidine rings is 1. The molecule has 0 spiro atoms. The highest BCUT2D eigenvalue weighted by atomic mass is 16.5. The van der Waals surface area contributed by atoms with Crippen LogP contribution in [0.25, 0.3) is 0 Å². The van der Waals surface area contributed by atoms with E-state index in [1.54, 1.807) is 14.0 Å². The fourth-order valence-corrected chi connectivity index (χ4v) is 3.93. The molecule has 0 aliphatic carbocycles. The van der Waals surface area contributed by atoms with Crippen molar-refractivity contribution in [2.45, 2.75) is 31.9 Å². The molecular weight excluding hydrogens is 352 g/mol. The summed E-state index contributed by atoms with van der Waals surface area (Å²) in [4.78, 5) is 14.9. The molecule has 1 aliphatic heterocycles. The first-order chi connectivity index (χ1) is 13.6. The number of ether oxygens (including phenoxy) is 2. The van der Waals surface area contributed by atoms with E-state index in [1.807, 2.05) is 42.5 Å². The van der Waals surface area contributed by atoms with Crippen LogP contribution < -0.4 is 14.8 Å². The Balaban J connectivity index is 1.61. The van der Waals surface area contributed by atoms with Gasteiger partial charge in [-0.1, -0.05) is 30.3 Å². The van der Waals surface area contributed by atoms with Gasteiger partial charge in [0.2, 0.25) is 0 Å². The smallest absolute Gasteiger partial charge is 0.260 e. The number of rotatable bonds is 7. The van der Waals surface area contributed by atoms with E-state index in [9.17, 15) is 4.79 Å². The molecule has 3 rings (SSSR count). The van der Waals surface area contributed by atoms with E-state index in [0.717, 1.165) is 25.1 Å². The largest absolute Gasteiger partial charge is 0.497 e. The van der Waals surface area contributed by atoms with Gasteiger partial charge in [-0.3, -0.25) is 9.69 Å². The van der Waals surface area contributed by atoms with Crippen LogP contribution in [0, 0.1) is 5.92 Å². The fourth-order valence-electron chi connectivity index (χ4n) is 3.93. The number of benzene rings is 2. The lowest BCUT2D eigenvalue weighted by Crippen LogP contribution is -2.44. The van der Waals surface area contributed by atoms with Gasteiger partial charge >= 0.3 is 0 Å². The van der Waals surface area contributed by atoms with Crippen molar-refractivity contribution in [2.75, 3.05) is 27.2 Å². The summed E-state index contributed by atoms with van der Waals surface area (Å²) in [6, 6.07) is 18.0. The molecule has 0 radical (unpaired) electrons. The van der Waals surface area contributed by atoms with Crippen LogP contribution in [0.5, 0.6) is 11.5 Å². The second kappa shape index (κ2) is 9.60. The minimum atomic E-state index is -0.525. The Labute approximate surface area is 167 Å². The predicted octanol–water partition coefficient (Wildman–Crippen LogP) is 3.66. The zero-order chi connectivity index (χ0) is 19.9. The standard InChI is InChI=1S/C23H30N2O3/c1-17(28-21-9-5-4-6-10-21)23(26)24-16-19-8-7-15-25(2)22(19)18-11-13-20(27-3)14-12-18/h4-6,9-14,17,19,22H,7-8,15-16H2,1-3H3,(H,24,26). The van der Waals surface area contributed by atoms with Crippen LogP contribution in [0.4, 0.5) is 0 Å². The number of nitrogens with zero attached hydrogens (tertiary/aromatic N) is 1. The van der Waals surface area contributed by atoms with Crippen LogP contribution in [0.15, 0.2) is 54.6 Å². The third-order valence-electron chi connectivity index (χ3n) is 5.43. The van der Waals surface area contributed by atoms with E-state index in [1.165, 1.54) is 5.56 Å². The number of nitrogens with one attached hydrogen (secondary N) is 1. The zero-order valence-electron chi connectivity index (χ0n) is 16.9. The van der Waals surface area contributed by atoms with Crippen molar-refractivity contribution in [3.63, 3.8) is 0 Å². The molecule has 1 fully saturated rings. The van der Waals surface area contributed by atoms with Gasteiger partial charge in [0.25, 0.3) is 5.91 Å². The maximum Gasteiger partial charge on any atom is 0.260 e. The molecular formula is C23H30N2O3. The highest BCUT2D eigenvalue weighted by Crippen LogP contribution is 2.35. The van der Waals surface area contributed by atoms with E-state index < -0.39 is 6.10 Å². The summed E-state index contributed by atoms with van der Waals surface area (Å²) in [6.45, 7) is 3.49. The number of methoxy groups -OCH3 is 1. The molecule has 150 valence electrons. The lowest BCUT2D eigenvalue weighted by molar-refractivity contribution is -0.127. The zero-order valence-corrected chi connectivity index (χ0v) is 16.9. The van der Waals surface area contributed by atoms with Crippen LogP contribution in [-0.4, -0.2) is 44.2 Å². The molecule has 2 aromatic rings. The topological polar surface area (TPSA) is 50.8 Å². The highest BCUT2D eigenvalue weighted by Gasteiger charge is 2.31. The van der Waals surface area contributed by atoms with E-state index in [0.29, 0.717) is 18.2 Å². The molecule has 0 saturated carbocycles. The first kappa shape index (κ1) is 20.2. The van der Waals surface area contributed by atoms with Gasteiger partial charge in [0.1, 0.15) is 11.5 Å². The molecule has 1 N–H and O–H groups in total. The van der Waals surface area contributed by atoms with Crippen molar-refractivity contribution in [2.24, 2.45) is 5.92 Å². The van der Waals surface area contributed by atoms with Crippen molar-refractivity contribution in [3.05, 3.63) is 60.2 Å². The Morgan fingerprint density at radius 2 is 1.86 bits per heavy atom. The van der Waals surface area contributed by atoms with Crippen LogP contribution >= 0.6 is 0 Å². The van der Waals surface area contributed by atoms with E-state index in [4.69, 9.17) is 9.47 Å². The molecule has 1 aliphatic rings. The van der Waals surface area contributed by atoms with Crippen molar-refractivity contribution < 1.29 is 14.3 Å². The number of para-hydroxylation sites is 1. The van der Waals surface area contributed by atoms with E-state index >= 15 is 0 Å². The van der Waals surface area contributed by atoms with E-state index in [2.05, 4.69) is 29.4 Å². The van der Waals surface area contributed by atoms with Gasteiger partial charge in [-0.05, 0) is 69.1 Å². The molecule has 1 saturated heterocycles. The summed E-state index contributed by atoms with van der Waals surface area (Å²) in [5.74, 6) is 1.85. The molecule has 0 bridgehead atoms. The molecule has 28 heavy (non-hydrogen) atoms. The Hall–Kier alpha value is -2.53. The molecule has 3 atom stereocenters. The summed E-state index contributed by atoms with van der Waals surface area (Å²) in [7, 11) is 3.84. The predicted molar refractivity (Wildman–Crippen MR) is 111 cm³/mol. The molecule has 1 heterocycles. The Morgan fingerprint density at radius 1 is 1.14 bits per heavy atom. The van der Waals surface area contributed by atoms with Gasteiger partial charge in [0, 0.05) is 12.6 Å². The van der Waals surface area contributed by atoms with Crippen molar-refractivity contribution in [1.82, 2.24) is 10.2 Å². The molecule has 5 heteroatoms. The van der Waals surface area contributed by atoms with Gasteiger partial charge in [0.15, 0.2) is 6.10 Å². The lowest BCUT2D eigenvalue weighted by Gasteiger charge is -2.39. The Morgan fingerprint density at radius 3 is 2.54 bits per heavy atom. The molecule has 1 amide bonds. The first-order valence-electron chi connectivity index (χ1n) is 9.92. The third kappa shape index (κ3) is 5.04. The summed E-state index contributed by atoms with van der Waals surface area (Å²) in [5, 5.41) is 3.10. The number of carbonyl (C=O) groups is 1. The maximum absolute atomic E-state index is 12.5. The van der Waals surface area contributed by atoms with E-state index in [-0.39, 0.29) is 11.9 Å².